The number of fused-ring (bicyclic) bond motifs is 1. The molecule has 0 radical (unpaired) electrons. The normalized spacial score (nSPS) is 31.1. The lowest BCUT2D eigenvalue weighted by Crippen LogP contribution is -2.44. The van der Waals surface area contributed by atoms with E-state index < -0.39 is 0 Å². The van der Waals surface area contributed by atoms with Crippen molar-refractivity contribution >= 4 is 5.91 Å². The van der Waals surface area contributed by atoms with Gasteiger partial charge in [-0.15, -0.1) is 0 Å². The van der Waals surface area contributed by atoms with Crippen molar-refractivity contribution in [1.82, 2.24) is 16.0 Å². The number of hydrogen-bond acceptors (Lipinski definition) is 3. The van der Waals surface area contributed by atoms with Gasteiger partial charge in [-0.25, -0.2) is 0 Å². The molecule has 18 heavy (non-hydrogen) atoms. The minimum absolute atomic E-state index is 0.0595. The summed E-state index contributed by atoms with van der Waals surface area (Å²) in [6.45, 7) is 4.79. The molecule has 1 saturated carbocycles. The van der Waals surface area contributed by atoms with Crippen LogP contribution in [-0.2, 0) is 4.79 Å². The summed E-state index contributed by atoms with van der Waals surface area (Å²) in [5.74, 6) is 0.940. The highest BCUT2D eigenvalue weighted by molar-refractivity contribution is 5.82. The van der Waals surface area contributed by atoms with Gasteiger partial charge in [0.1, 0.15) is 0 Å². The molecule has 1 heterocycles. The molecule has 3 N–H and O–H groups in total. The van der Waals surface area contributed by atoms with Crippen LogP contribution in [0.4, 0.5) is 0 Å². The minimum Gasteiger partial charge on any atom is -0.353 e. The van der Waals surface area contributed by atoms with E-state index in [1.165, 1.54) is 25.7 Å². The average molecular weight is 253 g/mol. The molecule has 2 aliphatic rings. The number of carbonyl (C=O) groups excluding carboxylic acids is 1. The predicted octanol–water partition coefficient (Wildman–Crippen LogP) is 1.02. The second-order valence-electron chi connectivity index (χ2n) is 5.65. The molecule has 0 aromatic carbocycles. The SMILES string of the molecule is CCCNCCNC(=O)C1CC2CCCCC2N1. The lowest BCUT2D eigenvalue weighted by atomic mass is 9.85. The summed E-state index contributed by atoms with van der Waals surface area (Å²) < 4.78 is 0. The third-order valence-electron chi connectivity index (χ3n) is 4.21. The Morgan fingerprint density at radius 2 is 2.06 bits per heavy atom. The molecule has 4 heteroatoms. The molecule has 0 aromatic rings. The van der Waals surface area contributed by atoms with Gasteiger partial charge in [0.05, 0.1) is 6.04 Å². The largest absolute Gasteiger partial charge is 0.353 e. The Balaban J connectivity index is 1.64. The van der Waals surface area contributed by atoms with E-state index in [0.29, 0.717) is 6.04 Å². The van der Waals surface area contributed by atoms with Crippen molar-refractivity contribution < 1.29 is 4.79 Å². The fraction of sp³-hybridized carbons (Fsp3) is 0.929. The van der Waals surface area contributed by atoms with Gasteiger partial charge in [-0.2, -0.15) is 0 Å². The van der Waals surface area contributed by atoms with E-state index in [2.05, 4.69) is 22.9 Å². The highest BCUT2D eigenvalue weighted by Gasteiger charge is 2.37. The lowest BCUT2D eigenvalue weighted by Gasteiger charge is -2.24. The van der Waals surface area contributed by atoms with Crippen LogP contribution in [0.1, 0.15) is 45.4 Å². The maximum absolute atomic E-state index is 12.0. The van der Waals surface area contributed by atoms with Gasteiger partial charge in [-0.3, -0.25) is 4.79 Å². The highest BCUT2D eigenvalue weighted by atomic mass is 16.2. The van der Waals surface area contributed by atoms with E-state index >= 15 is 0 Å². The number of carbonyl (C=O) groups is 1. The lowest BCUT2D eigenvalue weighted by molar-refractivity contribution is -0.122. The van der Waals surface area contributed by atoms with Crippen LogP contribution in [0.15, 0.2) is 0 Å². The van der Waals surface area contributed by atoms with Crippen LogP contribution < -0.4 is 16.0 Å². The molecule has 1 amide bonds. The summed E-state index contributed by atoms with van der Waals surface area (Å²) in [5.41, 5.74) is 0. The zero-order chi connectivity index (χ0) is 12.8. The van der Waals surface area contributed by atoms with Crippen molar-refractivity contribution in [2.24, 2.45) is 5.92 Å². The molecule has 0 spiro atoms. The van der Waals surface area contributed by atoms with Crippen molar-refractivity contribution in [2.45, 2.75) is 57.5 Å². The van der Waals surface area contributed by atoms with Crippen molar-refractivity contribution in [3.63, 3.8) is 0 Å². The van der Waals surface area contributed by atoms with Crippen LogP contribution in [-0.4, -0.2) is 37.6 Å². The second-order valence-corrected chi connectivity index (χ2v) is 5.65. The molecular formula is C14H27N3O. The predicted molar refractivity (Wildman–Crippen MR) is 73.5 cm³/mol. The Kier molecular flexibility index (Phi) is 5.45. The van der Waals surface area contributed by atoms with E-state index in [1.54, 1.807) is 0 Å². The topological polar surface area (TPSA) is 53.2 Å². The number of amides is 1. The molecular weight excluding hydrogens is 226 g/mol. The molecule has 1 aliphatic carbocycles. The summed E-state index contributed by atoms with van der Waals surface area (Å²) in [5, 5.41) is 9.84. The van der Waals surface area contributed by atoms with Crippen molar-refractivity contribution in [3.8, 4) is 0 Å². The Labute approximate surface area is 110 Å². The second kappa shape index (κ2) is 7.10. The van der Waals surface area contributed by atoms with Crippen LogP contribution in [0.2, 0.25) is 0 Å². The summed E-state index contributed by atoms with van der Waals surface area (Å²) >= 11 is 0. The van der Waals surface area contributed by atoms with Crippen LogP contribution in [0.3, 0.4) is 0 Å². The molecule has 0 aromatic heterocycles. The first kappa shape index (κ1) is 13.8. The standard InChI is InChI=1S/C14H27N3O/c1-2-7-15-8-9-16-14(18)13-10-11-5-3-4-6-12(11)17-13/h11-13,15,17H,2-10H2,1H3,(H,16,18). The number of nitrogens with one attached hydrogen (secondary N) is 3. The van der Waals surface area contributed by atoms with Crippen LogP contribution in [0.5, 0.6) is 0 Å². The fourth-order valence-corrected chi connectivity index (χ4v) is 3.22. The quantitative estimate of drug-likeness (QED) is 0.620. The van der Waals surface area contributed by atoms with E-state index in [1.807, 2.05) is 0 Å². The van der Waals surface area contributed by atoms with Gasteiger partial charge < -0.3 is 16.0 Å². The van der Waals surface area contributed by atoms with E-state index in [4.69, 9.17) is 0 Å². The first-order chi connectivity index (χ1) is 8.81. The van der Waals surface area contributed by atoms with Gasteiger partial charge in [0.15, 0.2) is 0 Å². The minimum atomic E-state index is 0.0595. The number of rotatable bonds is 6. The third kappa shape index (κ3) is 3.69. The zero-order valence-electron chi connectivity index (χ0n) is 11.5. The van der Waals surface area contributed by atoms with Gasteiger partial charge in [0.25, 0.3) is 0 Å². The molecule has 2 fully saturated rings. The molecule has 3 atom stereocenters. The molecule has 0 bridgehead atoms. The third-order valence-corrected chi connectivity index (χ3v) is 4.21. The maximum Gasteiger partial charge on any atom is 0.237 e. The summed E-state index contributed by atoms with van der Waals surface area (Å²) in [6.07, 6.45) is 7.41. The molecule has 3 unspecified atom stereocenters. The summed E-state index contributed by atoms with van der Waals surface area (Å²) in [6, 6.07) is 0.664. The molecule has 2 rings (SSSR count). The molecule has 104 valence electrons. The van der Waals surface area contributed by atoms with Gasteiger partial charge in [0.2, 0.25) is 5.91 Å². The average Bonchev–Trinajstić information content (AvgIpc) is 2.82. The highest BCUT2D eigenvalue weighted by Crippen LogP contribution is 2.33. The Morgan fingerprint density at radius 3 is 2.83 bits per heavy atom. The summed E-state index contributed by atoms with van der Waals surface area (Å²) in [7, 11) is 0. The van der Waals surface area contributed by atoms with Gasteiger partial charge in [0, 0.05) is 19.1 Å². The zero-order valence-corrected chi connectivity index (χ0v) is 11.5. The van der Waals surface area contributed by atoms with Gasteiger partial charge in [-0.05, 0) is 38.1 Å². The smallest absolute Gasteiger partial charge is 0.237 e. The van der Waals surface area contributed by atoms with E-state index in [-0.39, 0.29) is 11.9 Å². The Morgan fingerprint density at radius 1 is 1.22 bits per heavy atom. The first-order valence-corrected chi connectivity index (χ1v) is 7.55. The fourth-order valence-electron chi connectivity index (χ4n) is 3.22. The molecule has 4 nitrogen and oxygen atoms in total. The summed E-state index contributed by atoms with van der Waals surface area (Å²) in [4.78, 5) is 12.0. The van der Waals surface area contributed by atoms with Crippen molar-refractivity contribution in [3.05, 3.63) is 0 Å². The molecule has 1 aliphatic heterocycles. The van der Waals surface area contributed by atoms with E-state index in [0.717, 1.165) is 38.4 Å². The Hall–Kier alpha value is -0.610. The number of hydrogen-bond donors (Lipinski definition) is 3. The monoisotopic (exact) mass is 253 g/mol. The Bertz CT molecular complexity index is 256. The van der Waals surface area contributed by atoms with Crippen LogP contribution in [0.25, 0.3) is 0 Å². The van der Waals surface area contributed by atoms with Crippen LogP contribution >= 0.6 is 0 Å². The maximum atomic E-state index is 12.0. The molecule has 1 saturated heterocycles. The van der Waals surface area contributed by atoms with Gasteiger partial charge in [-0.1, -0.05) is 19.8 Å². The van der Waals surface area contributed by atoms with Gasteiger partial charge >= 0.3 is 0 Å². The first-order valence-electron chi connectivity index (χ1n) is 7.55. The van der Waals surface area contributed by atoms with Crippen molar-refractivity contribution in [2.75, 3.05) is 19.6 Å². The van der Waals surface area contributed by atoms with Crippen LogP contribution in [0, 0.1) is 5.92 Å². The van der Waals surface area contributed by atoms with Crippen molar-refractivity contribution in [1.29, 1.82) is 0 Å². The van der Waals surface area contributed by atoms with E-state index in [9.17, 15) is 4.79 Å².